The van der Waals surface area contributed by atoms with Gasteiger partial charge in [-0.05, 0) is 53.5 Å². The molecule has 1 aliphatic heterocycles. The Morgan fingerprint density at radius 2 is 1.95 bits per heavy atom. The Kier molecular flexibility index (Phi) is 6.97. The highest BCUT2D eigenvalue weighted by molar-refractivity contribution is 6.61. The lowest BCUT2D eigenvalue weighted by Crippen LogP contribution is -2.58. The lowest BCUT2D eigenvalue weighted by atomic mass is 10.0. The highest BCUT2D eigenvalue weighted by Gasteiger charge is 2.50. The van der Waals surface area contributed by atoms with E-state index in [2.05, 4.69) is 20.8 Å². The van der Waals surface area contributed by atoms with Crippen molar-refractivity contribution in [1.82, 2.24) is 0 Å². The fourth-order valence-corrected chi connectivity index (χ4v) is 6.12. The molecule has 0 aromatic rings. The fourth-order valence-electron chi connectivity index (χ4n) is 2.83. The molecule has 114 valence electrons. The molecule has 1 aliphatic rings. The van der Waals surface area contributed by atoms with Crippen molar-refractivity contribution in [2.45, 2.75) is 77.5 Å². The van der Waals surface area contributed by atoms with Crippen molar-refractivity contribution >= 4 is 8.80 Å². The Labute approximate surface area is 119 Å². The van der Waals surface area contributed by atoms with Crippen LogP contribution in [-0.4, -0.2) is 33.7 Å². The Bertz CT molecular complexity index is 263. The van der Waals surface area contributed by atoms with Crippen LogP contribution in [0, 0.1) is 0 Å². The smallest absolute Gasteiger partial charge is 0.374 e. The third-order valence-corrected chi connectivity index (χ3v) is 6.71. The van der Waals surface area contributed by atoms with E-state index in [1.54, 1.807) is 0 Å². The zero-order chi connectivity index (χ0) is 14.4. The third kappa shape index (κ3) is 5.91. The lowest BCUT2D eigenvalue weighted by Gasteiger charge is -2.45. The van der Waals surface area contributed by atoms with Gasteiger partial charge >= 0.3 is 8.80 Å². The first-order valence-electron chi connectivity index (χ1n) is 7.65. The van der Waals surface area contributed by atoms with Gasteiger partial charge in [-0.15, -0.1) is 0 Å². The predicted molar refractivity (Wildman–Crippen MR) is 80.0 cm³/mol. The van der Waals surface area contributed by atoms with Gasteiger partial charge in [0.15, 0.2) is 0 Å². The SMILES string of the molecule is CCO[Si]1(CCCCCCN)OC(C)CC(C)(C)O1. The highest BCUT2D eigenvalue weighted by atomic mass is 28.4. The average molecular weight is 289 g/mol. The van der Waals surface area contributed by atoms with Gasteiger partial charge in [0.05, 0.1) is 5.60 Å². The molecule has 0 radical (unpaired) electrons. The molecule has 2 N–H and O–H groups in total. The van der Waals surface area contributed by atoms with Crippen LogP contribution in [0.2, 0.25) is 6.04 Å². The molecular formula is C14H31NO3Si. The first-order chi connectivity index (χ1) is 8.93. The van der Waals surface area contributed by atoms with E-state index in [9.17, 15) is 0 Å². The van der Waals surface area contributed by atoms with E-state index in [1.807, 2.05) is 6.92 Å². The first kappa shape index (κ1) is 17.1. The van der Waals surface area contributed by atoms with Gasteiger partial charge in [-0.1, -0.05) is 12.8 Å². The second kappa shape index (κ2) is 7.74. The number of unbranched alkanes of at least 4 members (excludes halogenated alkanes) is 3. The molecule has 1 saturated heterocycles. The predicted octanol–water partition coefficient (Wildman–Crippen LogP) is 3.08. The lowest BCUT2D eigenvalue weighted by molar-refractivity contribution is -0.0898. The van der Waals surface area contributed by atoms with Gasteiger partial charge in [0.25, 0.3) is 0 Å². The maximum absolute atomic E-state index is 6.25. The largest absolute Gasteiger partial charge is 0.501 e. The summed E-state index contributed by atoms with van der Waals surface area (Å²) in [6, 6.07) is 0.930. The fraction of sp³-hybridized carbons (Fsp3) is 1.00. The molecule has 4 nitrogen and oxygen atoms in total. The second-order valence-electron chi connectivity index (χ2n) is 6.06. The van der Waals surface area contributed by atoms with Crippen LogP contribution in [-0.2, 0) is 13.3 Å². The van der Waals surface area contributed by atoms with Crippen LogP contribution in [0.25, 0.3) is 0 Å². The first-order valence-corrected chi connectivity index (χ1v) is 9.58. The quantitative estimate of drug-likeness (QED) is 0.551. The molecule has 5 heteroatoms. The van der Waals surface area contributed by atoms with E-state index in [-0.39, 0.29) is 11.7 Å². The van der Waals surface area contributed by atoms with E-state index in [1.165, 1.54) is 12.8 Å². The normalized spacial score (nSPS) is 30.5. The van der Waals surface area contributed by atoms with E-state index >= 15 is 0 Å². The maximum atomic E-state index is 6.25. The number of hydrogen-bond acceptors (Lipinski definition) is 4. The number of nitrogens with two attached hydrogens (primary N) is 1. The van der Waals surface area contributed by atoms with Crippen LogP contribution in [0.15, 0.2) is 0 Å². The topological polar surface area (TPSA) is 53.7 Å². The van der Waals surface area contributed by atoms with Crippen LogP contribution in [0.4, 0.5) is 0 Å². The van der Waals surface area contributed by atoms with E-state index in [0.717, 1.165) is 31.9 Å². The molecule has 2 atom stereocenters. The van der Waals surface area contributed by atoms with Gasteiger partial charge in [-0.2, -0.15) is 0 Å². The molecule has 0 amide bonds. The molecule has 0 aliphatic carbocycles. The average Bonchev–Trinajstić information content (AvgIpc) is 2.26. The van der Waals surface area contributed by atoms with Crippen molar-refractivity contribution in [3.63, 3.8) is 0 Å². The van der Waals surface area contributed by atoms with Gasteiger partial charge in [-0.3, -0.25) is 0 Å². The van der Waals surface area contributed by atoms with E-state index < -0.39 is 8.80 Å². The van der Waals surface area contributed by atoms with Crippen LogP contribution < -0.4 is 5.73 Å². The third-order valence-electron chi connectivity index (χ3n) is 3.39. The van der Waals surface area contributed by atoms with Crippen LogP contribution in [0.1, 0.15) is 59.8 Å². The molecule has 0 spiro atoms. The molecule has 1 rings (SSSR count). The second-order valence-corrected chi connectivity index (χ2v) is 8.66. The van der Waals surface area contributed by atoms with Crippen LogP contribution >= 0.6 is 0 Å². The van der Waals surface area contributed by atoms with Gasteiger partial charge < -0.3 is 19.0 Å². The molecule has 1 fully saturated rings. The van der Waals surface area contributed by atoms with Crippen LogP contribution in [0.5, 0.6) is 0 Å². The van der Waals surface area contributed by atoms with Crippen LogP contribution in [0.3, 0.4) is 0 Å². The summed E-state index contributed by atoms with van der Waals surface area (Å²) in [4.78, 5) is 0. The van der Waals surface area contributed by atoms with Gasteiger partial charge in [0.2, 0.25) is 0 Å². The molecule has 0 aromatic carbocycles. The van der Waals surface area contributed by atoms with Gasteiger partial charge in [-0.25, -0.2) is 0 Å². The van der Waals surface area contributed by atoms with Crippen molar-refractivity contribution in [3.05, 3.63) is 0 Å². The Morgan fingerprint density at radius 1 is 1.26 bits per heavy atom. The summed E-state index contributed by atoms with van der Waals surface area (Å²) in [5.41, 5.74) is 5.39. The molecule has 2 unspecified atom stereocenters. The summed E-state index contributed by atoms with van der Waals surface area (Å²) in [5, 5.41) is 0. The molecule has 0 bridgehead atoms. The zero-order valence-corrected chi connectivity index (χ0v) is 14.0. The Morgan fingerprint density at radius 3 is 2.53 bits per heavy atom. The van der Waals surface area contributed by atoms with E-state index in [4.69, 9.17) is 19.0 Å². The van der Waals surface area contributed by atoms with Gasteiger partial charge in [0, 0.05) is 18.8 Å². The minimum atomic E-state index is -2.47. The number of hydrogen-bond donors (Lipinski definition) is 1. The minimum absolute atomic E-state index is 0.129. The van der Waals surface area contributed by atoms with Crippen molar-refractivity contribution in [3.8, 4) is 0 Å². The summed E-state index contributed by atoms with van der Waals surface area (Å²) >= 11 is 0. The summed E-state index contributed by atoms with van der Waals surface area (Å²) in [6.45, 7) is 9.87. The van der Waals surface area contributed by atoms with Gasteiger partial charge in [0.1, 0.15) is 0 Å². The Hall–Kier alpha value is 0.0569. The standard InChI is InChI=1S/C14H31NO3Si/c1-5-16-19(11-9-7-6-8-10-15)17-13(2)12-14(3,4)18-19/h13H,5-12,15H2,1-4H3. The maximum Gasteiger partial charge on any atom is 0.501 e. The van der Waals surface area contributed by atoms with E-state index in [0.29, 0.717) is 6.61 Å². The summed E-state index contributed by atoms with van der Waals surface area (Å²) in [5.74, 6) is 0. The summed E-state index contributed by atoms with van der Waals surface area (Å²) in [7, 11) is -2.47. The zero-order valence-electron chi connectivity index (χ0n) is 13.0. The summed E-state index contributed by atoms with van der Waals surface area (Å²) in [6.07, 6.45) is 5.74. The molecular weight excluding hydrogens is 258 g/mol. The molecule has 1 heterocycles. The summed E-state index contributed by atoms with van der Waals surface area (Å²) < 4.78 is 18.3. The molecule has 19 heavy (non-hydrogen) atoms. The number of rotatable bonds is 8. The van der Waals surface area contributed by atoms with Crippen molar-refractivity contribution in [2.24, 2.45) is 5.73 Å². The molecule has 0 aromatic heterocycles. The minimum Gasteiger partial charge on any atom is -0.374 e. The molecule has 0 saturated carbocycles. The Balaban J connectivity index is 2.52. The van der Waals surface area contributed by atoms with Crippen molar-refractivity contribution in [2.75, 3.05) is 13.2 Å². The van der Waals surface area contributed by atoms with Crippen molar-refractivity contribution < 1.29 is 13.3 Å². The highest BCUT2D eigenvalue weighted by Crippen LogP contribution is 2.35. The van der Waals surface area contributed by atoms with Crippen molar-refractivity contribution in [1.29, 1.82) is 0 Å². The monoisotopic (exact) mass is 289 g/mol.